The summed E-state index contributed by atoms with van der Waals surface area (Å²) in [4.78, 5) is 12.1. The Balaban J connectivity index is 1.67. The molecular weight excluding hydrogens is 391 g/mol. The summed E-state index contributed by atoms with van der Waals surface area (Å²) in [6.45, 7) is 0. The minimum atomic E-state index is -4.52. The molecule has 0 aliphatic carbocycles. The monoisotopic (exact) mass is 401 g/mol. The number of benzene rings is 1. The molecule has 0 fully saturated rings. The Morgan fingerprint density at radius 1 is 1.27 bits per heavy atom. The first-order valence-electron chi connectivity index (χ1n) is 7.17. The van der Waals surface area contributed by atoms with Crippen LogP contribution in [0, 0.1) is 0 Å². The summed E-state index contributed by atoms with van der Waals surface area (Å²) in [5.41, 5.74) is -0.990. The van der Waals surface area contributed by atoms with Crippen molar-refractivity contribution < 1.29 is 18.0 Å². The molecule has 11 heteroatoms. The molecule has 1 aromatic carbocycles. The molecular formula is C15H11ClF3N5OS. The number of aromatic nitrogens is 4. The van der Waals surface area contributed by atoms with Crippen molar-refractivity contribution in [3.63, 3.8) is 0 Å². The summed E-state index contributed by atoms with van der Waals surface area (Å²) >= 11 is 6.95. The van der Waals surface area contributed by atoms with E-state index in [0.29, 0.717) is 5.16 Å². The van der Waals surface area contributed by atoms with Gasteiger partial charge in [0.1, 0.15) is 6.33 Å². The van der Waals surface area contributed by atoms with E-state index in [2.05, 4.69) is 15.5 Å². The number of amides is 1. The largest absolute Gasteiger partial charge is 0.416 e. The van der Waals surface area contributed by atoms with Crippen molar-refractivity contribution in [2.75, 3.05) is 11.1 Å². The van der Waals surface area contributed by atoms with E-state index in [1.807, 2.05) is 12.1 Å². The van der Waals surface area contributed by atoms with Crippen LogP contribution < -0.4 is 5.32 Å². The zero-order chi connectivity index (χ0) is 18.7. The Bertz CT molecular complexity index is 910. The van der Waals surface area contributed by atoms with E-state index in [1.54, 1.807) is 21.7 Å². The second-order valence-electron chi connectivity index (χ2n) is 5.05. The van der Waals surface area contributed by atoms with Crippen LogP contribution in [0.15, 0.2) is 54.2 Å². The normalized spacial score (nSPS) is 11.5. The van der Waals surface area contributed by atoms with Crippen LogP contribution in [0.1, 0.15) is 5.56 Å². The van der Waals surface area contributed by atoms with E-state index in [-0.39, 0.29) is 16.5 Å². The van der Waals surface area contributed by atoms with Crippen molar-refractivity contribution >= 4 is 35.0 Å². The lowest BCUT2D eigenvalue weighted by Gasteiger charge is -2.11. The molecule has 0 atom stereocenters. The van der Waals surface area contributed by atoms with E-state index in [9.17, 15) is 18.0 Å². The summed E-state index contributed by atoms with van der Waals surface area (Å²) in [5, 5.41) is 10.6. The zero-order valence-corrected chi connectivity index (χ0v) is 14.5. The summed E-state index contributed by atoms with van der Waals surface area (Å²) in [5.74, 6) is -0.592. The molecule has 1 N–H and O–H groups in total. The summed E-state index contributed by atoms with van der Waals surface area (Å²) in [7, 11) is 0. The molecule has 0 bridgehead atoms. The minimum absolute atomic E-state index is 0.0202. The van der Waals surface area contributed by atoms with Crippen LogP contribution in [0.4, 0.5) is 18.9 Å². The zero-order valence-electron chi connectivity index (χ0n) is 12.9. The number of hydrogen-bond acceptors (Lipinski definition) is 4. The summed E-state index contributed by atoms with van der Waals surface area (Å²) in [6, 6.07) is 6.38. The smallest absolute Gasteiger partial charge is 0.324 e. The number of nitrogens with zero attached hydrogens (tertiary/aromatic N) is 4. The van der Waals surface area contributed by atoms with Gasteiger partial charge in [0.15, 0.2) is 0 Å². The lowest BCUT2D eigenvalue weighted by Crippen LogP contribution is -2.16. The maximum absolute atomic E-state index is 12.8. The molecule has 26 heavy (non-hydrogen) atoms. The third-order valence-electron chi connectivity index (χ3n) is 3.24. The molecule has 3 aromatic rings. The number of anilines is 1. The van der Waals surface area contributed by atoms with Gasteiger partial charge in [0.2, 0.25) is 11.1 Å². The van der Waals surface area contributed by atoms with E-state index in [1.165, 1.54) is 6.33 Å². The average molecular weight is 402 g/mol. The van der Waals surface area contributed by atoms with Gasteiger partial charge in [-0.1, -0.05) is 23.4 Å². The average Bonchev–Trinajstić information content (AvgIpc) is 3.24. The topological polar surface area (TPSA) is 64.7 Å². The molecule has 2 heterocycles. The van der Waals surface area contributed by atoms with Crippen molar-refractivity contribution in [1.82, 2.24) is 19.5 Å². The number of hydrogen-bond donors (Lipinski definition) is 1. The third kappa shape index (κ3) is 4.20. The Kier molecular flexibility index (Phi) is 5.23. The van der Waals surface area contributed by atoms with Crippen molar-refractivity contribution in [1.29, 1.82) is 0 Å². The highest BCUT2D eigenvalue weighted by atomic mass is 35.5. The fraction of sp³-hybridized carbons (Fsp3) is 0.133. The van der Waals surface area contributed by atoms with Crippen LogP contribution in [0.25, 0.3) is 0 Å². The van der Waals surface area contributed by atoms with Gasteiger partial charge in [-0.15, -0.1) is 10.2 Å². The van der Waals surface area contributed by atoms with Gasteiger partial charge in [-0.25, -0.2) is 4.68 Å². The number of carbonyl (C=O) groups excluding carboxylic acids is 1. The van der Waals surface area contributed by atoms with Gasteiger partial charge in [0.05, 0.1) is 22.0 Å². The highest BCUT2D eigenvalue weighted by Gasteiger charge is 2.31. The minimum Gasteiger partial charge on any atom is -0.324 e. The van der Waals surface area contributed by atoms with Crippen LogP contribution in [-0.2, 0) is 11.0 Å². The van der Waals surface area contributed by atoms with Crippen LogP contribution in [0.5, 0.6) is 0 Å². The lowest BCUT2D eigenvalue weighted by molar-refractivity contribution is -0.137. The molecule has 2 aromatic heterocycles. The lowest BCUT2D eigenvalue weighted by atomic mass is 10.2. The van der Waals surface area contributed by atoms with Gasteiger partial charge >= 0.3 is 6.18 Å². The van der Waals surface area contributed by atoms with Gasteiger partial charge in [-0.2, -0.15) is 13.2 Å². The second kappa shape index (κ2) is 7.42. The number of halogens is 4. The van der Waals surface area contributed by atoms with Crippen LogP contribution >= 0.6 is 23.4 Å². The Morgan fingerprint density at radius 3 is 2.69 bits per heavy atom. The molecule has 3 rings (SSSR count). The van der Waals surface area contributed by atoms with Crippen LogP contribution in [0.3, 0.4) is 0 Å². The van der Waals surface area contributed by atoms with Gasteiger partial charge in [-0.05, 0) is 30.3 Å². The van der Waals surface area contributed by atoms with E-state index < -0.39 is 17.6 Å². The van der Waals surface area contributed by atoms with E-state index in [4.69, 9.17) is 11.6 Å². The molecule has 0 radical (unpaired) electrons. The van der Waals surface area contributed by atoms with Crippen LogP contribution in [0.2, 0.25) is 5.02 Å². The number of carbonyl (C=O) groups is 1. The highest BCUT2D eigenvalue weighted by Crippen LogP contribution is 2.33. The van der Waals surface area contributed by atoms with Gasteiger partial charge in [0.25, 0.3) is 0 Å². The van der Waals surface area contributed by atoms with Gasteiger partial charge in [0, 0.05) is 12.4 Å². The molecule has 0 aliphatic heterocycles. The second-order valence-corrected chi connectivity index (χ2v) is 6.40. The fourth-order valence-electron chi connectivity index (χ4n) is 2.06. The number of rotatable bonds is 5. The predicted octanol–water partition coefficient (Wildman–Crippen LogP) is 3.79. The summed E-state index contributed by atoms with van der Waals surface area (Å²) in [6.07, 6.45) is 0.502. The third-order valence-corrected chi connectivity index (χ3v) is 4.50. The summed E-state index contributed by atoms with van der Waals surface area (Å²) < 4.78 is 41.6. The molecule has 0 spiro atoms. The maximum atomic E-state index is 12.8. The molecule has 0 aliphatic rings. The van der Waals surface area contributed by atoms with Crippen LogP contribution in [-0.4, -0.2) is 31.2 Å². The number of nitrogens with one attached hydrogen (secondary N) is 1. The van der Waals surface area contributed by atoms with Crippen molar-refractivity contribution in [2.45, 2.75) is 11.3 Å². The van der Waals surface area contributed by atoms with Crippen molar-refractivity contribution in [3.8, 4) is 0 Å². The quantitative estimate of drug-likeness (QED) is 0.660. The van der Waals surface area contributed by atoms with E-state index in [0.717, 1.165) is 30.0 Å². The fourth-order valence-corrected chi connectivity index (χ4v) is 2.93. The first-order chi connectivity index (χ1) is 12.3. The molecule has 1 amide bonds. The standard InChI is InChI=1S/C15H11ClF3N5OS/c16-11-4-3-10(15(17,18)19)7-12(11)21-13(25)8-26-14-22-20-9-24(14)23-5-1-2-6-23/h1-7,9H,8H2,(H,21,25). The molecule has 6 nitrogen and oxygen atoms in total. The number of alkyl halides is 3. The maximum Gasteiger partial charge on any atom is 0.416 e. The predicted molar refractivity (Wildman–Crippen MR) is 91.1 cm³/mol. The molecule has 0 saturated carbocycles. The SMILES string of the molecule is O=C(CSc1nncn1-n1cccc1)Nc1cc(C(F)(F)F)ccc1Cl. The Hall–Kier alpha value is -2.46. The highest BCUT2D eigenvalue weighted by molar-refractivity contribution is 7.99. The number of thioether (sulfide) groups is 1. The molecule has 136 valence electrons. The Labute approximate surface area is 154 Å². The van der Waals surface area contributed by atoms with Gasteiger partial charge in [-0.3, -0.25) is 9.47 Å². The first kappa shape index (κ1) is 18.3. The first-order valence-corrected chi connectivity index (χ1v) is 8.54. The van der Waals surface area contributed by atoms with Crippen molar-refractivity contribution in [3.05, 3.63) is 59.6 Å². The molecule has 0 saturated heterocycles. The van der Waals surface area contributed by atoms with E-state index >= 15 is 0 Å². The molecule has 0 unspecified atom stereocenters. The van der Waals surface area contributed by atoms with Gasteiger partial charge < -0.3 is 5.32 Å². The Morgan fingerprint density at radius 2 is 2.00 bits per heavy atom. The van der Waals surface area contributed by atoms with Crippen molar-refractivity contribution in [2.24, 2.45) is 0 Å².